The van der Waals surface area contributed by atoms with Gasteiger partial charge in [-0.25, -0.2) is 9.18 Å². The Kier molecular flexibility index (Phi) is 4.36. The SMILES string of the molecule is COC(=O)c1cc(F)ccc1NC(=O)CC(=O)O. The number of methoxy groups -OCH3 is 1. The minimum absolute atomic E-state index is 0.00509. The van der Waals surface area contributed by atoms with E-state index in [2.05, 4.69) is 10.1 Å². The second-order valence-electron chi connectivity index (χ2n) is 3.30. The molecule has 0 aliphatic heterocycles. The predicted octanol–water partition coefficient (Wildman–Crippen LogP) is 1.03. The molecule has 1 rings (SSSR count). The van der Waals surface area contributed by atoms with Crippen LogP contribution in [-0.2, 0) is 14.3 Å². The number of hydrogen-bond acceptors (Lipinski definition) is 4. The standard InChI is InChI=1S/C11H10FNO5/c1-18-11(17)7-4-6(12)2-3-8(7)13-9(14)5-10(15)16/h2-4H,5H2,1H3,(H,13,14)(H,15,16). The van der Waals surface area contributed by atoms with E-state index in [4.69, 9.17) is 5.11 Å². The van der Waals surface area contributed by atoms with Crippen molar-refractivity contribution in [3.05, 3.63) is 29.6 Å². The molecule has 0 spiro atoms. The average Bonchev–Trinajstić information content (AvgIpc) is 2.29. The molecule has 0 bridgehead atoms. The van der Waals surface area contributed by atoms with Gasteiger partial charge in [0, 0.05) is 0 Å². The molecule has 6 nitrogen and oxygen atoms in total. The number of esters is 1. The summed E-state index contributed by atoms with van der Waals surface area (Å²) in [4.78, 5) is 32.9. The van der Waals surface area contributed by atoms with Gasteiger partial charge in [-0.1, -0.05) is 0 Å². The number of carbonyl (C=O) groups excluding carboxylic acids is 2. The van der Waals surface area contributed by atoms with Gasteiger partial charge in [0.1, 0.15) is 12.2 Å². The van der Waals surface area contributed by atoms with Crippen molar-refractivity contribution in [1.82, 2.24) is 0 Å². The summed E-state index contributed by atoms with van der Waals surface area (Å²) >= 11 is 0. The number of benzene rings is 1. The maximum atomic E-state index is 13.0. The highest BCUT2D eigenvalue weighted by atomic mass is 19.1. The molecule has 0 radical (unpaired) electrons. The normalized spacial score (nSPS) is 9.67. The Morgan fingerprint density at radius 2 is 2.06 bits per heavy atom. The van der Waals surface area contributed by atoms with Crippen LogP contribution in [0.15, 0.2) is 18.2 Å². The molecule has 0 aliphatic rings. The summed E-state index contributed by atoms with van der Waals surface area (Å²) in [5.74, 6) is -3.64. The Morgan fingerprint density at radius 1 is 1.39 bits per heavy atom. The van der Waals surface area contributed by atoms with Crippen LogP contribution in [0.5, 0.6) is 0 Å². The van der Waals surface area contributed by atoms with Crippen LogP contribution < -0.4 is 5.32 Å². The van der Waals surface area contributed by atoms with Crippen LogP contribution in [0.25, 0.3) is 0 Å². The molecular weight excluding hydrogens is 245 g/mol. The summed E-state index contributed by atoms with van der Waals surface area (Å²) in [6, 6.07) is 3.08. The van der Waals surface area contributed by atoms with E-state index >= 15 is 0 Å². The fourth-order valence-corrected chi connectivity index (χ4v) is 1.24. The van der Waals surface area contributed by atoms with Gasteiger partial charge in [-0.2, -0.15) is 0 Å². The van der Waals surface area contributed by atoms with E-state index in [1.165, 1.54) is 0 Å². The van der Waals surface area contributed by atoms with Gasteiger partial charge in [0.2, 0.25) is 5.91 Å². The van der Waals surface area contributed by atoms with Crippen molar-refractivity contribution >= 4 is 23.5 Å². The molecule has 0 unspecified atom stereocenters. The first-order valence-corrected chi connectivity index (χ1v) is 4.83. The number of carboxylic acid groups (broad SMARTS) is 1. The molecule has 0 aliphatic carbocycles. The van der Waals surface area contributed by atoms with E-state index in [-0.39, 0.29) is 11.3 Å². The van der Waals surface area contributed by atoms with Crippen molar-refractivity contribution in [3.63, 3.8) is 0 Å². The smallest absolute Gasteiger partial charge is 0.340 e. The molecule has 0 fully saturated rings. The average molecular weight is 255 g/mol. The second kappa shape index (κ2) is 5.76. The minimum atomic E-state index is -1.31. The zero-order valence-electron chi connectivity index (χ0n) is 9.40. The molecule has 7 heteroatoms. The van der Waals surface area contributed by atoms with E-state index in [1.54, 1.807) is 0 Å². The number of carboxylic acids is 1. The van der Waals surface area contributed by atoms with E-state index in [1.807, 2.05) is 0 Å². The first-order chi connectivity index (χ1) is 8.43. The topological polar surface area (TPSA) is 92.7 Å². The predicted molar refractivity (Wildman–Crippen MR) is 58.6 cm³/mol. The summed E-state index contributed by atoms with van der Waals surface area (Å²) in [7, 11) is 1.11. The Hall–Kier alpha value is -2.44. The van der Waals surface area contributed by atoms with Gasteiger partial charge in [0.05, 0.1) is 18.4 Å². The van der Waals surface area contributed by atoms with Crippen LogP contribution in [0.1, 0.15) is 16.8 Å². The van der Waals surface area contributed by atoms with Gasteiger partial charge < -0.3 is 15.2 Å². The lowest BCUT2D eigenvalue weighted by molar-refractivity contribution is -0.139. The summed E-state index contributed by atoms with van der Waals surface area (Å²) in [6.45, 7) is 0. The number of halogens is 1. The van der Waals surface area contributed by atoms with Crippen LogP contribution in [0.2, 0.25) is 0 Å². The van der Waals surface area contributed by atoms with Crippen molar-refractivity contribution in [1.29, 1.82) is 0 Å². The number of aliphatic carboxylic acids is 1. The number of anilines is 1. The molecule has 0 atom stereocenters. The number of carbonyl (C=O) groups is 3. The van der Waals surface area contributed by atoms with Crippen LogP contribution in [0.3, 0.4) is 0 Å². The fraction of sp³-hybridized carbons (Fsp3) is 0.182. The summed E-state index contributed by atoms with van der Waals surface area (Å²) in [5, 5.41) is 10.6. The molecule has 18 heavy (non-hydrogen) atoms. The molecule has 0 saturated carbocycles. The van der Waals surface area contributed by atoms with Gasteiger partial charge in [-0.15, -0.1) is 0 Å². The van der Waals surface area contributed by atoms with E-state index in [0.717, 1.165) is 25.3 Å². The second-order valence-corrected chi connectivity index (χ2v) is 3.30. The lowest BCUT2D eigenvalue weighted by Gasteiger charge is -2.08. The van der Waals surface area contributed by atoms with Crippen LogP contribution >= 0.6 is 0 Å². The lowest BCUT2D eigenvalue weighted by atomic mass is 10.1. The van der Waals surface area contributed by atoms with Crippen molar-refractivity contribution in [2.24, 2.45) is 0 Å². The third-order valence-corrected chi connectivity index (χ3v) is 1.97. The highest BCUT2D eigenvalue weighted by molar-refractivity contribution is 6.05. The first-order valence-electron chi connectivity index (χ1n) is 4.83. The number of rotatable bonds is 4. The fourth-order valence-electron chi connectivity index (χ4n) is 1.24. The van der Waals surface area contributed by atoms with Gasteiger partial charge in [-0.05, 0) is 18.2 Å². The number of nitrogens with one attached hydrogen (secondary N) is 1. The summed E-state index contributed by atoms with van der Waals surface area (Å²) < 4.78 is 17.4. The molecular formula is C11H10FNO5. The van der Waals surface area contributed by atoms with Gasteiger partial charge in [0.25, 0.3) is 0 Å². The number of ether oxygens (including phenoxy) is 1. The van der Waals surface area contributed by atoms with E-state index in [0.29, 0.717) is 0 Å². The maximum absolute atomic E-state index is 13.0. The molecule has 0 aromatic heterocycles. The molecule has 0 heterocycles. The van der Waals surface area contributed by atoms with E-state index in [9.17, 15) is 18.8 Å². The number of hydrogen-bond donors (Lipinski definition) is 2. The molecule has 1 aromatic rings. The highest BCUT2D eigenvalue weighted by Gasteiger charge is 2.16. The zero-order valence-corrected chi connectivity index (χ0v) is 9.40. The molecule has 1 aromatic carbocycles. The molecule has 1 amide bonds. The Balaban J connectivity index is 2.98. The Bertz CT molecular complexity index is 500. The minimum Gasteiger partial charge on any atom is -0.481 e. The van der Waals surface area contributed by atoms with Crippen LogP contribution in [0.4, 0.5) is 10.1 Å². The van der Waals surface area contributed by atoms with Gasteiger partial charge in [0.15, 0.2) is 0 Å². The molecule has 96 valence electrons. The lowest BCUT2D eigenvalue weighted by Crippen LogP contribution is -2.18. The van der Waals surface area contributed by atoms with Crippen molar-refractivity contribution in [2.45, 2.75) is 6.42 Å². The van der Waals surface area contributed by atoms with Crippen molar-refractivity contribution in [2.75, 3.05) is 12.4 Å². The highest BCUT2D eigenvalue weighted by Crippen LogP contribution is 2.18. The van der Waals surface area contributed by atoms with Crippen molar-refractivity contribution in [3.8, 4) is 0 Å². The summed E-state index contributed by atoms with van der Waals surface area (Å²) in [6.07, 6.45) is -0.752. The largest absolute Gasteiger partial charge is 0.481 e. The molecule has 0 saturated heterocycles. The first kappa shape index (κ1) is 13.6. The van der Waals surface area contributed by atoms with Crippen molar-refractivity contribution < 1.29 is 28.6 Å². The third kappa shape index (κ3) is 3.55. The summed E-state index contributed by atoms with van der Waals surface area (Å²) in [5.41, 5.74) is -0.189. The monoisotopic (exact) mass is 255 g/mol. The third-order valence-electron chi connectivity index (χ3n) is 1.97. The Labute approximate surface area is 101 Å². The Morgan fingerprint density at radius 3 is 2.61 bits per heavy atom. The van der Waals surface area contributed by atoms with E-state index < -0.39 is 30.1 Å². The quantitative estimate of drug-likeness (QED) is 0.619. The van der Waals surface area contributed by atoms with Gasteiger partial charge >= 0.3 is 11.9 Å². The maximum Gasteiger partial charge on any atom is 0.340 e. The van der Waals surface area contributed by atoms with Crippen LogP contribution in [-0.4, -0.2) is 30.1 Å². The zero-order chi connectivity index (χ0) is 13.7. The van der Waals surface area contributed by atoms with Gasteiger partial charge in [-0.3, -0.25) is 9.59 Å². The number of amides is 1. The van der Waals surface area contributed by atoms with Crippen LogP contribution in [0, 0.1) is 5.82 Å². The molecule has 2 N–H and O–H groups in total.